The summed E-state index contributed by atoms with van der Waals surface area (Å²) in [6, 6.07) is 8.61. The van der Waals surface area contributed by atoms with Gasteiger partial charge in [0.05, 0.1) is 11.8 Å². The van der Waals surface area contributed by atoms with Gasteiger partial charge < -0.3 is 11.1 Å². The molecule has 0 heterocycles. The van der Waals surface area contributed by atoms with Crippen molar-refractivity contribution in [1.29, 1.82) is 0 Å². The summed E-state index contributed by atoms with van der Waals surface area (Å²) in [5, 5.41) is 2.53. The first-order valence-electron chi connectivity index (χ1n) is 6.86. The Bertz CT molecular complexity index is 544. The van der Waals surface area contributed by atoms with Crippen LogP contribution in [0.15, 0.2) is 30.3 Å². The Morgan fingerprint density at radius 3 is 2.43 bits per heavy atom. The first kappa shape index (κ1) is 17.6. The van der Waals surface area contributed by atoms with Crippen LogP contribution in [0, 0.1) is 5.92 Å². The van der Waals surface area contributed by atoms with E-state index in [9.17, 15) is 13.2 Å². The summed E-state index contributed by atoms with van der Waals surface area (Å²) >= 11 is 0. The SMILES string of the molecule is CC(C)[C@H](N)C(=O)NCCS(=O)(=O)NCc1ccccc1. The van der Waals surface area contributed by atoms with E-state index in [-0.39, 0.29) is 30.7 Å². The molecule has 7 heteroatoms. The molecule has 1 aromatic carbocycles. The number of nitrogens with two attached hydrogens (primary N) is 1. The van der Waals surface area contributed by atoms with Crippen LogP contribution in [0.25, 0.3) is 0 Å². The lowest BCUT2D eigenvalue weighted by Crippen LogP contribution is -2.45. The van der Waals surface area contributed by atoms with Crippen LogP contribution in [0.1, 0.15) is 19.4 Å². The maximum absolute atomic E-state index is 11.8. The van der Waals surface area contributed by atoms with Crippen molar-refractivity contribution in [2.75, 3.05) is 12.3 Å². The fourth-order valence-corrected chi connectivity index (χ4v) is 2.49. The van der Waals surface area contributed by atoms with Gasteiger partial charge >= 0.3 is 0 Å². The Hall–Kier alpha value is -1.44. The van der Waals surface area contributed by atoms with E-state index in [1.54, 1.807) is 0 Å². The van der Waals surface area contributed by atoms with Gasteiger partial charge in [0.1, 0.15) is 0 Å². The van der Waals surface area contributed by atoms with E-state index >= 15 is 0 Å². The maximum atomic E-state index is 11.8. The second-order valence-corrected chi connectivity index (χ2v) is 7.11. The zero-order valence-electron chi connectivity index (χ0n) is 12.4. The normalized spacial score (nSPS) is 13.1. The molecule has 6 nitrogen and oxygen atoms in total. The Balaban J connectivity index is 2.35. The number of hydrogen-bond acceptors (Lipinski definition) is 4. The molecule has 0 saturated heterocycles. The number of rotatable bonds is 8. The molecule has 1 atom stereocenters. The third-order valence-corrected chi connectivity index (χ3v) is 4.36. The van der Waals surface area contributed by atoms with Crippen LogP contribution in [0.5, 0.6) is 0 Å². The van der Waals surface area contributed by atoms with Crippen LogP contribution >= 0.6 is 0 Å². The van der Waals surface area contributed by atoms with Crippen molar-refractivity contribution in [3.63, 3.8) is 0 Å². The number of benzene rings is 1. The van der Waals surface area contributed by atoms with Crippen LogP contribution in [0.4, 0.5) is 0 Å². The smallest absolute Gasteiger partial charge is 0.237 e. The van der Waals surface area contributed by atoms with E-state index in [0.29, 0.717) is 0 Å². The Kier molecular flexibility index (Phi) is 6.80. The molecule has 0 aliphatic carbocycles. The third kappa shape index (κ3) is 6.70. The molecule has 1 rings (SSSR count). The monoisotopic (exact) mass is 313 g/mol. The van der Waals surface area contributed by atoms with Crippen molar-refractivity contribution in [3.8, 4) is 0 Å². The molecule has 118 valence electrons. The van der Waals surface area contributed by atoms with Crippen molar-refractivity contribution in [3.05, 3.63) is 35.9 Å². The van der Waals surface area contributed by atoms with E-state index in [1.165, 1.54) is 0 Å². The molecule has 0 bridgehead atoms. The lowest BCUT2D eigenvalue weighted by Gasteiger charge is -2.15. The molecule has 0 saturated carbocycles. The van der Waals surface area contributed by atoms with E-state index in [0.717, 1.165) is 5.56 Å². The third-order valence-electron chi connectivity index (χ3n) is 3.03. The molecular formula is C14H23N3O3S. The fourth-order valence-electron chi connectivity index (χ4n) is 1.59. The summed E-state index contributed by atoms with van der Waals surface area (Å²) in [5.74, 6) is -0.489. The van der Waals surface area contributed by atoms with Gasteiger partial charge in [0, 0.05) is 13.1 Å². The van der Waals surface area contributed by atoms with Gasteiger partial charge in [-0.3, -0.25) is 4.79 Å². The second kappa shape index (κ2) is 8.11. The number of amides is 1. The molecule has 0 aliphatic rings. The van der Waals surface area contributed by atoms with Gasteiger partial charge in [0.15, 0.2) is 0 Å². The average Bonchev–Trinajstić information content (AvgIpc) is 2.45. The Labute approximate surface area is 126 Å². The molecule has 0 radical (unpaired) electrons. The number of carbonyl (C=O) groups is 1. The first-order chi connectivity index (χ1) is 9.82. The highest BCUT2D eigenvalue weighted by Crippen LogP contribution is 1.99. The molecule has 0 unspecified atom stereocenters. The lowest BCUT2D eigenvalue weighted by atomic mass is 10.1. The van der Waals surface area contributed by atoms with Crippen molar-refractivity contribution < 1.29 is 13.2 Å². The van der Waals surface area contributed by atoms with Crippen LogP contribution in [-0.2, 0) is 21.4 Å². The van der Waals surface area contributed by atoms with Gasteiger partial charge in [0.25, 0.3) is 0 Å². The number of nitrogens with one attached hydrogen (secondary N) is 2. The van der Waals surface area contributed by atoms with Gasteiger partial charge in [-0.2, -0.15) is 0 Å². The summed E-state index contributed by atoms with van der Waals surface area (Å²) in [7, 11) is -3.43. The molecule has 21 heavy (non-hydrogen) atoms. The molecule has 0 aliphatic heterocycles. The van der Waals surface area contributed by atoms with E-state index < -0.39 is 16.1 Å². The quantitative estimate of drug-likeness (QED) is 0.638. The predicted molar refractivity (Wildman–Crippen MR) is 82.9 cm³/mol. The van der Waals surface area contributed by atoms with Gasteiger partial charge in [-0.25, -0.2) is 13.1 Å². The Morgan fingerprint density at radius 2 is 1.86 bits per heavy atom. The van der Waals surface area contributed by atoms with E-state index in [4.69, 9.17) is 5.73 Å². The van der Waals surface area contributed by atoms with Gasteiger partial charge in [0.2, 0.25) is 15.9 Å². The molecule has 0 spiro atoms. The summed E-state index contributed by atoms with van der Waals surface area (Å²) in [6.45, 7) is 3.96. The molecule has 4 N–H and O–H groups in total. The molecule has 1 amide bonds. The summed E-state index contributed by atoms with van der Waals surface area (Å²) in [6.07, 6.45) is 0. The summed E-state index contributed by atoms with van der Waals surface area (Å²) in [5.41, 5.74) is 6.55. The van der Waals surface area contributed by atoms with Crippen LogP contribution in [0.2, 0.25) is 0 Å². The highest BCUT2D eigenvalue weighted by Gasteiger charge is 2.17. The van der Waals surface area contributed by atoms with Crippen LogP contribution in [0.3, 0.4) is 0 Å². The van der Waals surface area contributed by atoms with Crippen molar-refractivity contribution in [2.45, 2.75) is 26.4 Å². The van der Waals surface area contributed by atoms with Crippen LogP contribution < -0.4 is 15.8 Å². The minimum atomic E-state index is -3.43. The number of hydrogen-bond donors (Lipinski definition) is 3. The minimum absolute atomic E-state index is 0.0119. The lowest BCUT2D eigenvalue weighted by molar-refractivity contribution is -0.123. The Morgan fingerprint density at radius 1 is 1.24 bits per heavy atom. The van der Waals surface area contributed by atoms with Crippen molar-refractivity contribution in [2.24, 2.45) is 11.7 Å². The zero-order valence-corrected chi connectivity index (χ0v) is 13.2. The number of carbonyl (C=O) groups excluding carboxylic acids is 1. The molecule has 0 fully saturated rings. The standard InChI is InChI=1S/C14H23N3O3S/c1-11(2)13(15)14(18)16-8-9-21(19,20)17-10-12-6-4-3-5-7-12/h3-7,11,13,17H,8-10,15H2,1-2H3,(H,16,18)/t13-/m0/s1. The second-order valence-electron chi connectivity index (χ2n) is 5.19. The van der Waals surface area contributed by atoms with E-state index in [1.807, 2.05) is 44.2 Å². The van der Waals surface area contributed by atoms with Gasteiger partial charge in [-0.15, -0.1) is 0 Å². The number of sulfonamides is 1. The summed E-state index contributed by atoms with van der Waals surface area (Å²) in [4.78, 5) is 11.6. The molecule has 0 aromatic heterocycles. The predicted octanol–water partition coefficient (Wildman–Crippen LogP) is 0.206. The minimum Gasteiger partial charge on any atom is -0.354 e. The molecule has 1 aromatic rings. The fraction of sp³-hybridized carbons (Fsp3) is 0.500. The topological polar surface area (TPSA) is 101 Å². The van der Waals surface area contributed by atoms with Gasteiger partial charge in [-0.1, -0.05) is 44.2 Å². The van der Waals surface area contributed by atoms with Crippen molar-refractivity contribution >= 4 is 15.9 Å². The first-order valence-corrected chi connectivity index (χ1v) is 8.51. The van der Waals surface area contributed by atoms with Crippen molar-refractivity contribution in [1.82, 2.24) is 10.0 Å². The summed E-state index contributed by atoms with van der Waals surface area (Å²) < 4.78 is 26.1. The highest BCUT2D eigenvalue weighted by molar-refractivity contribution is 7.89. The van der Waals surface area contributed by atoms with Gasteiger partial charge in [-0.05, 0) is 11.5 Å². The maximum Gasteiger partial charge on any atom is 0.237 e. The zero-order chi connectivity index (χ0) is 15.9. The molecular weight excluding hydrogens is 290 g/mol. The average molecular weight is 313 g/mol. The largest absolute Gasteiger partial charge is 0.354 e. The highest BCUT2D eigenvalue weighted by atomic mass is 32.2. The van der Waals surface area contributed by atoms with Crippen LogP contribution in [-0.4, -0.2) is 32.7 Å². The van der Waals surface area contributed by atoms with E-state index in [2.05, 4.69) is 10.0 Å².